The van der Waals surface area contributed by atoms with Gasteiger partial charge in [-0.25, -0.2) is 21.8 Å². The van der Waals surface area contributed by atoms with Crippen LogP contribution in [-0.2, 0) is 57.1 Å². The van der Waals surface area contributed by atoms with E-state index in [4.69, 9.17) is 24.7 Å². The number of aliphatic hydroxyl groups is 2. The van der Waals surface area contributed by atoms with Gasteiger partial charge in [0.15, 0.2) is 25.4 Å². The van der Waals surface area contributed by atoms with E-state index in [2.05, 4.69) is 59.0 Å². The van der Waals surface area contributed by atoms with E-state index in [0.717, 1.165) is 72.0 Å². The predicted octanol–water partition coefficient (Wildman–Crippen LogP) is 3.17. The summed E-state index contributed by atoms with van der Waals surface area (Å²) < 4.78 is 68.7. The number of rotatable bonds is 9. The van der Waals surface area contributed by atoms with Gasteiger partial charge in [-0.3, -0.25) is 28.6 Å². The molecule has 0 saturated carbocycles. The van der Waals surface area contributed by atoms with Gasteiger partial charge in [-0.05, 0) is 169 Å². The number of pyridine rings is 4. The van der Waals surface area contributed by atoms with E-state index in [1.807, 2.05) is 77.2 Å². The topological polar surface area (TPSA) is 297 Å². The van der Waals surface area contributed by atoms with Gasteiger partial charge in [-0.15, -0.1) is 0 Å². The van der Waals surface area contributed by atoms with Gasteiger partial charge in [0.25, 0.3) is 5.91 Å². The van der Waals surface area contributed by atoms with Crippen LogP contribution in [0.3, 0.4) is 0 Å². The van der Waals surface area contributed by atoms with Crippen molar-refractivity contribution in [1.29, 1.82) is 5.26 Å². The molecule has 1 unspecified atom stereocenters. The minimum atomic E-state index is -3.54. The van der Waals surface area contributed by atoms with E-state index in [1.165, 1.54) is 16.9 Å². The molecule has 0 bridgehead atoms. The molecule has 0 fully saturated rings. The van der Waals surface area contributed by atoms with Crippen LogP contribution in [0.1, 0.15) is 66.3 Å². The smallest absolute Gasteiger partial charge is 0.773 e. The molecule has 0 aliphatic rings. The summed E-state index contributed by atoms with van der Waals surface area (Å²) in [6.45, 7) is 9.75. The quantitative estimate of drug-likeness (QED) is 0.0917. The fraction of sp³-hybridized carbons (Fsp3) is 0.245. The molecule has 5 heterocycles. The maximum Gasteiger partial charge on any atom is 1.00 e. The van der Waals surface area contributed by atoms with Crippen LogP contribution < -0.4 is 40.6 Å². The molecule has 8 aromatic rings. The van der Waals surface area contributed by atoms with Crippen LogP contribution in [0, 0.1) is 49.5 Å². The summed E-state index contributed by atoms with van der Waals surface area (Å²) in [4.78, 5) is 30.2. The summed E-state index contributed by atoms with van der Waals surface area (Å²) in [5.74, 6) is -0.0460. The van der Waals surface area contributed by atoms with E-state index < -0.39 is 36.7 Å². The number of sulfone groups is 2. The number of nitrogens with zero attached hydrogens (tertiary/aromatic N) is 7. The standard InChI is InChI=1S/C25H25N7O3S.C12H13NO3S.C11H10INO.CH4O2S.Na/c1-14-5-18-7-17(8-22(36(4,34)35)24(18)28-10-14)12-32-13-20(21(9-26)31-32)25(33)29-11-19-15(2)6-23(27)30-16(19)3;1-8-3-10-4-9(7-14)5-11(17(2,15)16)12(10)13-6-8;1-7-2-9-3-8(6-14)4-10(12)11(9)13-5-7;1-4(2)3;/h5-8,10,13H,11-12H2,1-4H3,(H2,27,30)(H,29,33);3-6,14H,7H2,1-2H3;2-5,14H,6H2,1H3;1H3,(H,2,3);/q;;;;+1/p-1. The number of carbonyl (C=O) groups is 1. The number of nitrogens with one attached hydrogen (secondary N) is 1. The van der Waals surface area contributed by atoms with Crippen molar-refractivity contribution in [2.24, 2.45) is 0 Å². The largest absolute Gasteiger partial charge is 1.00 e. The number of nitrogen functional groups attached to an aromatic ring is 1. The second-order valence-corrected chi connectivity index (χ2v) is 22.5. The van der Waals surface area contributed by atoms with Crippen LogP contribution in [0.25, 0.3) is 32.7 Å². The fourth-order valence-electron chi connectivity index (χ4n) is 7.34. The average Bonchev–Trinajstić information content (AvgIpc) is 3.69. The number of amides is 1. The Bertz CT molecular complexity index is 3600. The number of hydrogen-bond donors (Lipinski definition) is 4. The average molecular weight is 1160 g/mol. The number of nitrogens with two attached hydrogens (primary N) is 1. The number of aliphatic hydroxyl groups excluding tert-OH is 2. The molecule has 5 aromatic heterocycles. The van der Waals surface area contributed by atoms with Crippen molar-refractivity contribution in [2.45, 2.75) is 70.7 Å². The van der Waals surface area contributed by atoms with E-state index in [0.29, 0.717) is 39.1 Å². The zero-order valence-corrected chi connectivity index (χ0v) is 47.6. The normalized spacial score (nSPS) is 11.5. The number of nitriles is 1. The van der Waals surface area contributed by atoms with E-state index in [9.17, 15) is 26.9 Å². The third-order valence-corrected chi connectivity index (χ3v) is 13.5. The Morgan fingerprint density at radius 2 is 1.22 bits per heavy atom. The van der Waals surface area contributed by atoms with Crippen LogP contribution in [0.2, 0.25) is 0 Å². The Labute approximate surface area is 456 Å². The number of carbonyl (C=O) groups excluding carboxylic acids is 1. The predicted molar refractivity (Wildman–Crippen MR) is 280 cm³/mol. The SMILES string of the molecule is CS(=O)[O-].Cc1cnc2c(I)cc(CO)cc2c1.Cc1cnc2c(S(C)(=O)=O)cc(CO)cc2c1.Cc1cnc2c(S(C)(=O)=O)cc(Cn3cc(C(=O)NCc4c(C)cc(N)nc4C)c(C#N)n3)cc2c1.[Na+]. The van der Waals surface area contributed by atoms with Crippen LogP contribution in [0.4, 0.5) is 5.82 Å². The Morgan fingerprint density at radius 1 is 0.778 bits per heavy atom. The van der Waals surface area contributed by atoms with Crippen molar-refractivity contribution in [3.8, 4) is 6.07 Å². The fourth-order valence-corrected chi connectivity index (χ4v) is 9.97. The summed E-state index contributed by atoms with van der Waals surface area (Å²) in [5.41, 5.74) is 15.3. The summed E-state index contributed by atoms with van der Waals surface area (Å²) in [7, 11) is -6.89. The molecule has 3 aromatic carbocycles. The van der Waals surface area contributed by atoms with Crippen LogP contribution in [0.5, 0.6) is 0 Å². The van der Waals surface area contributed by atoms with Gasteiger partial charge in [-0.1, -0.05) is 11.1 Å². The number of hydrogen-bond acceptors (Lipinski definition) is 16. The van der Waals surface area contributed by atoms with E-state index >= 15 is 0 Å². The minimum absolute atomic E-state index is 0. The molecule has 8 rings (SSSR count). The molecule has 0 saturated heterocycles. The van der Waals surface area contributed by atoms with Crippen molar-refractivity contribution in [1.82, 2.24) is 35.0 Å². The molecular formula is C49H51IN9NaO9S3. The minimum Gasteiger partial charge on any atom is -0.773 e. The molecule has 1 amide bonds. The third kappa shape index (κ3) is 15.8. The second-order valence-electron chi connectivity index (χ2n) is 16.6. The van der Waals surface area contributed by atoms with Gasteiger partial charge in [0, 0.05) is 69.3 Å². The maximum absolute atomic E-state index is 12.9. The van der Waals surface area contributed by atoms with Crippen LogP contribution >= 0.6 is 22.6 Å². The Morgan fingerprint density at radius 3 is 1.68 bits per heavy atom. The molecule has 5 N–H and O–H groups in total. The van der Waals surface area contributed by atoms with Crippen molar-refractivity contribution >= 4 is 97.8 Å². The number of fused-ring (bicyclic) bond motifs is 3. The first-order chi connectivity index (χ1) is 33.3. The van der Waals surface area contributed by atoms with Crippen molar-refractivity contribution in [3.63, 3.8) is 0 Å². The molecule has 0 radical (unpaired) electrons. The third-order valence-electron chi connectivity index (χ3n) is 10.4. The van der Waals surface area contributed by atoms with Crippen LogP contribution in [-0.4, -0.2) is 90.2 Å². The van der Waals surface area contributed by atoms with E-state index in [1.54, 1.807) is 30.6 Å². The van der Waals surface area contributed by atoms with Gasteiger partial charge in [0.2, 0.25) is 0 Å². The molecule has 1 atom stereocenters. The molecule has 372 valence electrons. The first kappa shape index (κ1) is 59.2. The van der Waals surface area contributed by atoms with Gasteiger partial charge >= 0.3 is 29.6 Å². The number of halogens is 1. The Hall–Kier alpha value is -5.33. The molecule has 0 spiro atoms. The van der Waals surface area contributed by atoms with Crippen molar-refractivity contribution in [3.05, 3.63) is 150 Å². The first-order valence-corrected chi connectivity index (χ1v) is 27.6. The van der Waals surface area contributed by atoms with Crippen molar-refractivity contribution in [2.75, 3.05) is 24.5 Å². The molecule has 18 nitrogen and oxygen atoms in total. The van der Waals surface area contributed by atoms with Gasteiger partial charge in [0.1, 0.15) is 11.9 Å². The molecular weight excluding hydrogens is 1100 g/mol. The number of aryl methyl sites for hydroxylation is 5. The monoisotopic (exact) mass is 1160 g/mol. The summed E-state index contributed by atoms with van der Waals surface area (Å²) in [6.07, 6.45) is 9.96. The maximum atomic E-state index is 12.9. The number of anilines is 1. The van der Waals surface area contributed by atoms with Crippen LogP contribution in [0.15, 0.2) is 95.2 Å². The molecule has 0 aliphatic carbocycles. The van der Waals surface area contributed by atoms with Gasteiger partial charge < -0.3 is 25.8 Å². The number of benzene rings is 3. The van der Waals surface area contributed by atoms with Crippen molar-refractivity contribution < 1.29 is 70.2 Å². The molecule has 0 aliphatic heterocycles. The van der Waals surface area contributed by atoms with Gasteiger partial charge in [-0.2, -0.15) is 10.4 Å². The zero-order valence-electron chi connectivity index (χ0n) is 41.0. The number of aromatic nitrogens is 6. The summed E-state index contributed by atoms with van der Waals surface area (Å²) in [6, 6.07) is 20.0. The Balaban J connectivity index is 0.000000257. The molecule has 72 heavy (non-hydrogen) atoms. The van der Waals surface area contributed by atoms with Gasteiger partial charge in [0.05, 0.1) is 51.7 Å². The summed E-state index contributed by atoms with van der Waals surface area (Å²) >= 11 is 0.384. The zero-order chi connectivity index (χ0) is 52.5. The van der Waals surface area contributed by atoms with E-state index in [-0.39, 0.29) is 76.9 Å². The second kappa shape index (κ2) is 25.6. The first-order valence-electron chi connectivity index (χ1n) is 21.3. The summed E-state index contributed by atoms with van der Waals surface area (Å²) in [5, 5.41) is 37.3. The molecule has 23 heteroatoms. The Kier molecular flexibility index (Phi) is 21.0.